The van der Waals surface area contributed by atoms with Gasteiger partial charge in [0.25, 0.3) is 0 Å². The van der Waals surface area contributed by atoms with Crippen LogP contribution in [-0.2, 0) is 25.8 Å². The smallest absolute Gasteiger partial charge is 0.120 e. The minimum Gasteiger partial charge on any atom is -0.508 e. The van der Waals surface area contributed by atoms with Crippen molar-refractivity contribution in [1.82, 2.24) is 0 Å². The van der Waals surface area contributed by atoms with E-state index in [4.69, 9.17) is 10.5 Å². The Balaban J connectivity index is 1.62. The average molecular weight is 431 g/mol. The van der Waals surface area contributed by atoms with Gasteiger partial charge < -0.3 is 20.5 Å². The summed E-state index contributed by atoms with van der Waals surface area (Å²) in [6.07, 6.45) is 3.99. The molecule has 3 aromatic rings. The van der Waals surface area contributed by atoms with Gasteiger partial charge in [0.05, 0.1) is 7.11 Å². The number of phenolic OH excluding ortho intramolecular Hbond substituents is 1. The van der Waals surface area contributed by atoms with Crippen LogP contribution in [0.5, 0.6) is 11.5 Å². The maximum Gasteiger partial charge on any atom is 0.120 e. The highest BCUT2D eigenvalue weighted by Crippen LogP contribution is 2.40. The van der Waals surface area contributed by atoms with E-state index >= 15 is 0 Å². The minimum absolute atomic E-state index is 0.363. The molecule has 0 bridgehead atoms. The first kappa shape index (κ1) is 22.2. The van der Waals surface area contributed by atoms with Crippen molar-refractivity contribution in [3.8, 4) is 11.5 Å². The third-order valence-electron chi connectivity index (χ3n) is 6.65. The van der Waals surface area contributed by atoms with Gasteiger partial charge in [-0.05, 0) is 91.1 Å². The van der Waals surface area contributed by atoms with Crippen LogP contribution in [0.1, 0.15) is 47.1 Å². The van der Waals surface area contributed by atoms with E-state index in [0.29, 0.717) is 18.2 Å². The molecular weight excluding hydrogens is 396 g/mol. The zero-order valence-corrected chi connectivity index (χ0v) is 19.2. The predicted octanol–water partition coefficient (Wildman–Crippen LogP) is 5.20. The number of rotatable bonds is 8. The Labute approximate surface area is 191 Å². The number of anilines is 1. The molecule has 1 aliphatic rings. The molecule has 3 aromatic carbocycles. The third kappa shape index (κ3) is 4.91. The monoisotopic (exact) mass is 430 g/mol. The molecule has 32 heavy (non-hydrogen) atoms. The largest absolute Gasteiger partial charge is 0.508 e. The van der Waals surface area contributed by atoms with E-state index in [2.05, 4.69) is 60.4 Å². The lowest BCUT2D eigenvalue weighted by Crippen LogP contribution is -2.25. The summed E-state index contributed by atoms with van der Waals surface area (Å²) < 4.78 is 5.59. The second-order valence-electron chi connectivity index (χ2n) is 8.69. The SMILES string of the molecule is CCN(Cc1ccc(CCN)cc1)c1cc(OC)ccc1[C@@H]1CCc2cc(O)ccc2C1. The summed E-state index contributed by atoms with van der Waals surface area (Å²) in [5.74, 6) is 1.71. The van der Waals surface area contributed by atoms with Crippen LogP contribution >= 0.6 is 0 Å². The van der Waals surface area contributed by atoms with Crippen LogP contribution in [-0.4, -0.2) is 25.3 Å². The lowest BCUT2D eigenvalue weighted by atomic mass is 9.79. The maximum atomic E-state index is 9.84. The van der Waals surface area contributed by atoms with E-state index in [9.17, 15) is 5.11 Å². The number of aryl methyl sites for hydroxylation is 1. The summed E-state index contributed by atoms with van der Waals surface area (Å²) in [5, 5.41) is 9.84. The number of nitrogens with two attached hydrogens (primary N) is 1. The zero-order chi connectivity index (χ0) is 22.5. The Kier molecular flexibility index (Phi) is 7.01. The number of hydrogen-bond acceptors (Lipinski definition) is 4. The summed E-state index contributed by atoms with van der Waals surface area (Å²) >= 11 is 0. The number of ether oxygens (including phenoxy) is 1. The number of methoxy groups -OCH3 is 1. The van der Waals surface area contributed by atoms with Crippen molar-refractivity contribution in [2.75, 3.05) is 25.1 Å². The van der Waals surface area contributed by atoms with Gasteiger partial charge in [0, 0.05) is 24.8 Å². The first-order valence-electron chi connectivity index (χ1n) is 11.6. The number of fused-ring (bicyclic) bond motifs is 1. The predicted molar refractivity (Wildman–Crippen MR) is 132 cm³/mol. The molecule has 0 aromatic heterocycles. The number of hydrogen-bond donors (Lipinski definition) is 2. The van der Waals surface area contributed by atoms with Crippen molar-refractivity contribution in [2.45, 2.75) is 45.1 Å². The van der Waals surface area contributed by atoms with E-state index < -0.39 is 0 Å². The molecule has 0 radical (unpaired) electrons. The van der Waals surface area contributed by atoms with Crippen molar-refractivity contribution in [3.63, 3.8) is 0 Å². The van der Waals surface area contributed by atoms with E-state index in [1.165, 1.54) is 33.5 Å². The lowest BCUT2D eigenvalue weighted by Gasteiger charge is -2.32. The van der Waals surface area contributed by atoms with Crippen molar-refractivity contribution in [1.29, 1.82) is 0 Å². The lowest BCUT2D eigenvalue weighted by molar-refractivity contribution is 0.414. The fourth-order valence-electron chi connectivity index (χ4n) is 4.84. The van der Waals surface area contributed by atoms with Gasteiger partial charge in [0.1, 0.15) is 11.5 Å². The molecule has 4 rings (SSSR count). The first-order chi connectivity index (χ1) is 15.6. The van der Waals surface area contributed by atoms with E-state index in [0.717, 1.165) is 44.5 Å². The normalized spacial score (nSPS) is 15.3. The summed E-state index contributed by atoms with van der Waals surface area (Å²) in [5.41, 5.74) is 13.5. The Hall–Kier alpha value is -2.98. The van der Waals surface area contributed by atoms with E-state index in [-0.39, 0.29) is 0 Å². The maximum absolute atomic E-state index is 9.84. The Morgan fingerprint density at radius 3 is 2.50 bits per heavy atom. The molecule has 0 amide bonds. The molecule has 0 spiro atoms. The van der Waals surface area contributed by atoms with Gasteiger partial charge in [-0.3, -0.25) is 0 Å². The fraction of sp³-hybridized carbons (Fsp3) is 0.357. The molecule has 0 heterocycles. The highest BCUT2D eigenvalue weighted by molar-refractivity contribution is 5.60. The van der Waals surface area contributed by atoms with Crippen LogP contribution in [0, 0.1) is 0 Å². The second kappa shape index (κ2) is 10.1. The molecule has 0 saturated carbocycles. The Bertz CT molecular complexity index is 1050. The van der Waals surface area contributed by atoms with E-state index in [1.54, 1.807) is 7.11 Å². The summed E-state index contributed by atoms with van der Waals surface area (Å²) in [4.78, 5) is 2.45. The van der Waals surface area contributed by atoms with Crippen LogP contribution in [0.3, 0.4) is 0 Å². The molecular formula is C28H34N2O2. The number of aromatic hydroxyl groups is 1. The molecule has 168 valence electrons. The van der Waals surface area contributed by atoms with Crippen LogP contribution in [0.2, 0.25) is 0 Å². The Morgan fingerprint density at radius 2 is 1.78 bits per heavy atom. The number of nitrogens with zero attached hydrogens (tertiary/aromatic N) is 1. The molecule has 4 heteroatoms. The van der Waals surface area contributed by atoms with Crippen LogP contribution < -0.4 is 15.4 Å². The van der Waals surface area contributed by atoms with Gasteiger partial charge in [0.15, 0.2) is 0 Å². The highest BCUT2D eigenvalue weighted by atomic mass is 16.5. The molecule has 0 saturated heterocycles. The molecule has 1 aliphatic carbocycles. The second-order valence-corrected chi connectivity index (χ2v) is 8.69. The van der Waals surface area contributed by atoms with Gasteiger partial charge >= 0.3 is 0 Å². The quantitative estimate of drug-likeness (QED) is 0.516. The van der Waals surface area contributed by atoms with Crippen LogP contribution in [0.4, 0.5) is 5.69 Å². The van der Waals surface area contributed by atoms with Gasteiger partial charge in [-0.15, -0.1) is 0 Å². The molecule has 0 unspecified atom stereocenters. The summed E-state index contributed by atoms with van der Waals surface area (Å²) in [7, 11) is 1.73. The molecule has 0 aliphatic heterocycles. The van der Waals surface area contributed by atoms with Crippen molar-refractivity contribution in [2.24, 2.45) is 5.73 Å². The van der Waals surface area contributed by atoms with Crippen LogP contribution in [0.25, 0.3) is 0 Å². The minimum atomic E-state index is 0.363. The zero-order valence-electron chi connectivity index (χ0n) is 19.2. The number of phenols is 1. The Morgan fingerprint density at radius 1 is 1.00 bits per heavy atom. The summed E-state index contributed by atoms with van der Waals surface area (Å²) in [6.45, 7) is 4.67. The summed E-state index contributed by atoms with van der Waals surface area (Å²) in [6, 6.07) is 21.2. The van der Waals surface area contributed by atoms with Crippen molar-refractivity contribution in [3.05, 3.63) is 88.5 Å². The molecule has 0 fully saturated rings. The first-order valence-corrected chi connectivity index (χ1v) is 11.6. The van der Waals surface area contributed by atoms with Crippen molar-refractivity contribution < 1.29 is 9.84 Å². The van der Waals surface area contributed by atoms with Gasteiger partial charge in [-0.1, -0.05) is 36.4 Å². The van der Waals surface area contributed by atoms with E-state index in [1.807, 2.05) is 12.1 Å². The van der Waals surface area contributed by atoms with Gasteiger partial charge in [-0.2, -0.15) is 0 Å². The third-order valence-corrected chi connectivity index (χ3v) is 6.65. The molecule has 3 N–H and O–H groups in total. The van der Waals surface area contributed by atoms with Gasteiger partial charge in [0.2, 0.25) is 0 Å². The average Bonchev–Trinajstić information content (AvgIpc) is 2.83. The molecule has 4 nitrogen and oxygen atoms in total. The van der Waals surface area contributed by atoms with Gasteiger partial charge in [-0.25, -0.2) is 0 Å². The number of benzene rings is 3. The topological polar surface area (TPSA) is 58.7 Å². The van der Waals surface area contributed by atoms with Crippen LogP contribution in [0.15, 0.2) is 60.7 Å². The standard InChI is InChI=1S/C28H34N2O2/c1-3-30(19-21-6-4-20(5-7-21)14-15-29)28-18-26(32-2)12-13-27(28)24-9-8-23-17-25(31)11-10-22(23)16-24/h4-7,10-13,17-18,24,31H,3,8-9,14-16,19,29H2,1-2H3/t24-/m1/s1. The highest BCUT2D eigenvalue weighted by Gasteiger charge is 2.24. The fourth-order valence-corrected chi connectivity index (χ4v) is 4.84. The van der Waals surface area contributed by atoms with Crippen molar-refractivity contribution >= 4 is 5.69 Å². The molecule has 1 atom stereocenters.